The third-order valence-electron chi connectivity index (χ3n) is 1.94. The summed E-state index contributed by atoms with van der Waals surface area (Å²) in [6.07, 6.45) is 0. The number of nitrogens with zero attached hydrogens (tertiary/aromatic N) is 1. The van der Waals surface area contributed by atoms with Gasteiger partial charge in [0.05, 0.1) is 7.11 Å². The van der Waals surface area contributed by atoms with Crippen LogP contribution in [0.15, 0.2) is 41.5 Å². The molecule has 0 radical (unpaired) electrons. The molecule has 1 aromatic carbocycles. The number of rotatable bonds is 3. The summed E-state index contributed by atoms with van der Waals surface area (Å²) in [7, 11) is 0.0643. The fourth-order valence-corrected chi connectivity index (χ4v) is 1.20. The Morgan fingerprint density at radius 1 is 1.31 bits per heavy atom. The predicted molar refractivity (Wildman–Crippen MR) is 64.6 cm³/mol. The van der Waals surface area contributed by atoms with Crippen LogP contribution < -0.4 is 5.46 Å². The Labute approximate surface area is 95.1 Å². The van der Waals surface area contributed by atoms with Crippen LogP contribution in [0.2, 0.25) is 0 Å². The average molecular weight is 219 g/mol. The van der Waals surface area contributed by atoms with E-state index in [1.807, 2.05) is 0 Å². The van der Waals surface area contributed by atoms with Crippen LogP contribution in [0, 0.1) is 0 Å². The van der Waals surface area contributed by atoms with Gasteiger partial charge in [0, 0.05) is 11.3 Å². The van der Waals surface area contributed by atoms with Crippen LogP contribution in [0.25, 0.3) is 0 Å². The van der Waals surface area contributed by atoms with Crippen molar-refractivity contribution in [1.82, 2.24) is 0 Å². The fourth-order valence-electron chi connectivity index (χ4n) is 1.20. The molecule has 84 valence electrons. The van der Waals surface area contributed by atoms with Crippen molar-refractivity contribution in [3.8, 4) is 0 Å². The van der Waals surface area contributed by atoms with Gasteiger partial charge < -0.3 is 14.8 Å². The molecule has 0 aliphatic heterocycles. The lowest BCUT2D eigenvalue weighted by Gasteiger charge is -2.06. The molecule has 0 bridgehead atoms. The van der Waals surface area contributed by atoms with Crippen molar-refractivity contribution in [2.45, 2.75) is 6.92 Å². The molecular formula is C11H14BNO3. The summed E-state index contributed by atoms with van der Waals surface area (Å²) in [6, 6.07) is 6.63. The number of ether oxygens (including phenoxy) is 1. The molecule has 16 heavy (non-hydrogen) atoms. The quantitative estimate of drug-likeness (QED) is 0.436. The van der Waals surface area contributed by atoms with Gasteiger partial charge in [0.15, 0.2) is 0 Å². The molecule has 0 amide bonds. The topological polar surface area (TPSA) is 62.0 Å². The maximum absolute atomic E-state index is 8.94. The molecular weight excluding hydrogens is 205 g/mol. The van der Waals surface area contributed by atoms with Gasteiger partial charge in [-0.2, -0.15) is 0 Å². The van der Waals surface area contributed by atoms with Crippen LogP contribution in [0.1, 0.15) is 12.5 Å². The van der Waals surface area contributed by atoms with Crippen molar-refractivity contribution < 1.29 is 14.8 Å². The number of methoxy groups -OCH3 is 1. The highest BCUT2D eigenvalue weighted by atomic mass is 16.5. The molecule has 0 aliphatic rings. The zero-order valence-corrected chi connectivity index (χ0v) is 9.34. The first-order chi connectivity index (χ1) is 7.54. The Morgan fingerprint density at radius 3 is 2.25 bits per heavy atom. The maximum atomic E-state index is 8.94. The molecule has 0 heterocycles. The van der Waals surface area contributed by atoms with Crippen LogP contribution in [0.5, 0.6) is 0 Å². The summed E-state index contributed by atoms with van der Waals surface area (Å²) >= 11 is 0. The van der Waals surface area contributed by atoms with Crippen molar-refractivity contribution in [1.29, 1.82) is 0 Å². The van der Waals surface area contributed by atoms with E-state index in [0.29, 0.717) is 17.1 Å². The van der Waals surface area contributed by atoms with Crippen molar-refractivity contribution >= 4 is 18.5 Å². The Bertz CT molecular complexity index is 398. The lowest BCUT2D eigenvalue weighted by Crippen LogP contribution is -2.29. The van der Waals surface area contributed by atoms with Gasteiger partial charge in [0.2, 0.25) is 5.90 Å². The molecule has 0 saturated heterocycles. The molecule has 0 saturated carbocycles. The second kappa shape index (κ2) is 5.49. The number of hydrogen-bond donors (Lipinski definition) is 2. The predicted octanol–water partition coefficient (Wildman–Crippen LogP) is 0.293. The highest BCUT2D eigenvalue weighted by Gasteiger charge is 2.11. The van der Waals surface area contributed by atoms with Crippen LogP contribution in [-0.4, -0.2) is 30.2 Å². The Morgan fingerprint density at radius 2 is 1.88 bits per heavy atom. The van der Waals surface area contributed by atoms with E-state index in [9.17, 15) is 0 Å². The SMILES string of the molecule is C=C(C)/N=C(\OC)c1ccc(B(O)O)cc1. The summed E-state index contributed by atoms with van der Waals surface area (Å²) < 4.78 is 5.11. The van der Waals surface area contributed by atoms with Crippen molar-refractivity contribution in [3.05, 3.63) is 42.1 Å². The summed E-state index contributed by atoms with van der Waals surface area (Å²) in [5.41, 5.74) is 1.83. The second-order valence-electron chi connectivity index (χ2n) is 3.35. The van der Waals surface area contributed by atoms with Crippen LogP contribution in [0.4, 0.5) is 0 Å². The molecule has 2 N–H and O–H groups in total. The summed E-state index contributed by atoms with van der Waals surface area (Å²) in [6.45, 7) is 5.44. The van der Waals surface area contributed by atoms with Gasteiger partial charge >= 0.3 is 7.12 Å². The minimum absolute atomic E-state index is 0.425. The van der Waals surface area contributed by atoms with E-state index in [0.717, 1.165) is 5.56 Å². The highest BCUT2D eigenvalue weighted by Crippen LogP contribution is 2.04. The van der Waals surface area contributed by atoms with Gasteiger partial charge in [-0.05, 0) is 24.5 Å². The lowest BCUT2D eigenvalue weighted by atomic mass is 9.80. The maximum Gasteiger partial charge on any atom is 0.488 e. The first kappa shape index (κ1) is 12.5. The van der Waals surface area contributed by atoms with E-state index in [4.69, 9.17) is 14.8 Å². The normalized spacial score (nSPS) is 11.1. The summed E-state index contributed by atoms with van der Waals surface area (Å²) in [4.78, 5) is 4.12. The van der Waals surface area contributed by atoms with Gasteiger partial charge in [0.1, 0.15) is 0 Å². The van der Waals surface area contributed by atoms with Gasteiger partial charge in [-0.15, -0.1) is 0 Å². The van der Waals surface area contributed by atoms with Crippen LogP contribution in [0.3, 0.4) is 0 Å². The van der Waals surface area contributed by atoms with E-state index in [1.54, 1.807) is 31.2 Å². The lowest BCUT2D eigenvalue weighted by molar-refractivity contribution is 0.404. The Hall–Kier alpha value is -1.59. The van der Waals surface area contributed by atoms with Gasteiger partial charge in [0.25, 0.3) is 0 Å². The van der Waals surface area contributed by atoms with Gasteiger partial charge in [-0.1, -0.05) is 18.7 Å². The number of hydrogen-bond acceptors (Lipinski definition) is 4. The van der Waals surface area contributed by atoms with E-state index in [2.05, 4.69) is 11.6 Å². The largest absolute Gasteiger partial charge is 0.488 e. The fraction of sp³-hybridized carbons (Fsp3) is 0.182. The molecule has 1 aromatic rings. The van der Waals surface area contributed by atoms with Crippen molar-refractivity contribution in [2.75, 3.05) is 7.11 Å². The smallest absolute Gasteiger partial charge is 0.481 e. The van der Waals surface area contributed by atoms with Gasteiger partial charge in [-0.25, -0.2) is 4.99 Å². The molecule has 5 heteroatoms. The summed E-state index contributed by atoms with van der Waals surface area (Å²) in [5, 5.41) is 17.9. The number of aliphatic imine (C=N–C) groups is 1. The molecule has 0 atom stereocenters. The van der Waals surface area contributed by atoms with Crippen LogP contribution >= 0.6 is 0 Å². The zero-order chi connectivity index (χ0) is 12.1. The summed E-state index contributed by atoms with van der Waals surface area (Å²) in [5.74, 6) is 0.450. The van der Waals surface area contributed by atoms with E-state index in [1.165, 1.54) is 7.11 Å². The van der Waals surface area contributed by atoms with Gasteiger partial charge in [-0.3, -0.25) is 0 Å². The minimum atomic E-state index is -1.46. The van der Waals surface area contributed by atoms with Crippen molar-refractivity contribution in [2.24, 2.45) is 4.99 Å². The first-order valence-electron chi connectivity index (χ1n) is 4.79. The van der Waals surface area contributed by atoms with Crippen molar-refractivity contribution in [3.63, 3.8) is 0 Å². The molecule has 0 unspecified atom stereocenters. The first-order valence-corrected chi connectivity index (χ1v) is 4.79. The number of allylic oxidation sites excluding steroid dienone is 1. The van der Waals surface area contributed by atoms with E-state index in [-0.39, 0.29) is 0 Å². The molecule has 0 fully saturated rings. The standard InChI is InChI=1S/C11H14BNO3/c1-8(2)13-11(16-3)9-4-6-10(7-5-9)12(14)15/h4-7,14-15H,1H2,2-3H3/b13-11-. The third-order valence-corrected chi connectivity index (χ3v) is 1.94. The Kier molecular flexibility index (Phi) is 4.28. The Balaban J connectivity index is 3.00. The average Bonchev–Trinajstić information content (AvgIpc) is 2.25. The monoisotopic (exact) mass is 219 g/mol. The molecule has 0 aromatic heterocycles. The van der Waals surface area contributed by atoms with E-state index < -0.39 is 7.12 Å². The molecule has 1 rings (SSSR count). The third kappa shape index (κ3) is 3.22. The highest BCUT2D eigenvalue weighted by molar-refractivity contribution is 6.58. The zero-order valence-electron chi connectivity index (χ0n) is 9.34. The van der Waals surface area contributed by atoms with Crippen LogP contribution in [-0.2, 0) is 4.74 Å². The van der Waals surface area contributed by atoms with E-state index >= 15 is 0 Å². The second-order valence-corrected chi connectivity index (χ2v) is 3.35. The number of benzene rings is 1. The molecule has 0 spiro atoms. The molecule has 4 nitrogen and oxygen atoms in total. The minimum Gasteiger partial charge on any atom is -0.481 e. The molecule has 0 aliphatic carbocycles.